The molecular formula is C19H21NO4S. The molecule has 25 heavy (non-hydrogen) atoms. The molecule has 2 atom stereocenters. The summed E-state index contributed by atoms with van der Waals surface area (Å²) in [6.07, 6.45) is 1.03. The first-order valence-electron chi connectivity index (χ1n) is 8.44. The first-order chi connectivity index (χ1) is 12.0. The van der Waals surface area contributed by atoms with E-state index in [9.17, 15) is 8.42 Å². The minimum atomic E-state index is -3.71. The third-order valence-corrected chi connectivity index (χ3v) is 6.24. The third kappa shape index (κ3) is 3.12. The van der Waals surface area contributed by atoms with Gasteiger partial charge in [-0.05, 0) is 36.7 Å². The van der Waals surface area contributed by atoms with Crippen LogP contribution < -0.4 is 14.2 Å². The highest BCUT2D eigenvalue weighted by Gasteiger charge is 2.46. The third-order valence-electron chi connectivity index (χ3n) is 5.11. The normalized spacial score (nSPS) is 24.9. The van der Waals surface area contributed by atoms with Gasteiger partial charge in [0, 0.05) is 17.5 Å². The van der Waals surface area contributed by atoms with Crippen molar-refractivity contribution >= 4 is 10.1 Å². The van der Waals surface area contributed by atoms with Gasteiger partial charge in [0.2, 0.25) is 0 Å². The first kappa shape index (κ1) is 16.4. The molecule has 0 aliphatic carbocycles. The van der Waals surface area contributed by atoms with E-state index in [0.29, 0.717) is 11.3 Å². The molecule has 2 aliphatic heterocycles. The van der Waals surface area contributed by atoms with Gasteiger partial charge in [0.05, 0.1) is 0 Å². The highest BCUT2D eigenvalue weighted by atomic mass is 32.2. The maximum absolute atomic E-state index is 12.4. The summed E-state index contributed by atoms with van der Waals surface area (Å²) < 4.78 is 36.1. The Morgan fingerprint density at radius 1 is 1.24 bits per heavy atom. The molecular weight excluding hydrogens is 338 g/mol. The van der Waals surface area contributed by atoms with Crippen LogP contribution in [0.1, 0.15) is 24.5 Å². The Bertz CT molecular complexity index is 882. The van der Waals surface area contributed by atoms with Gasteiger partial charge >= 0.3 is 10.1 Å². The van der Waals surface area contributed by atoms with Gasteiger partial charge < -0.3 is 14.2 Å². The van der Waals surface area contributed by atoms with Crippen LogP contribution in [0.2, 0.25) is 0 Å². The van der Waals surface area contributed by atoms with E-state index < -0.39 is 10.1 Å². The first-order valence-corrected chi connectivity index (χ1v) is 10.0. The Balaban J connectivity index is 1.58. The number of hydrogen-bond acceptors (Lipinski definition) is 5. The van der Waals surface area contributed by atoms with Crippen molar-refractivity contribution in [2.75, 3.05) is 13.1 Å². The summed E-state index contributed by atoms with van der Waals surface area (Å²) in [5, 5.41) is 3.34. The van der Waals surface area contributed by atoms with Gasteiger partial charge in [-0.15, -0.1) is 0 Å². The van der Waals surface area contributed by atoms with Gasteiger partial charge in [0.25, 0.3) is 0 Å². The molecule has 2 unspecified atom stereocenters. The average Bonchev–Trinajstić information content (AvgIpc) is 2.87. The summed E-state index contributed by atoms with van der Waals surface area (Å²) >= 11 is 0. The zero-order chi connectivity index (χ0) is 17.5. The predicted octanol–water partition coefficient (Wildman–Crippen LogP) is 2.61. The van der Waals surface area contributed by atoms with Crippen molar-refractivity contribution in [3.8, 4) is 11.5 Å². The molecule has 0 saturated carbocycles. The quantitative estimate of drug-likeness (QED) is 0.850. The molecule has 0 radical (unpaired) electrons. The van der Waals surface area contributed by atoms with Crippen LogP contribution in [0, 0.1) is 0 Å². The molecule has 0 spiro atoms. The molecule has 6 heteroatoms. The second-order valence-electron chi connectivity index (χ2n) is 6.91. The highest BCUT2D eigenvalue weighted by Crippen LogP contribution is 2.47. The van der Waals surface area contributed by atoms with Crippen LogP contribution in [-0.2, 0) is 21.3 Å². The fourth-order valence-corrected chi connectivity index (χ4v) is 4.72. The Kier molecular flexibility index (Phi) is 3.96. The van der Waals surface area contributed by atoms with Gasteiger partial charge in [-0.3, -0.25) is 0 Å². The van der Waals surface area contributed by atoms with Crippen LogP contribution in [0.15, 0.2) is 48.5 Å². The number of hydrogen-bond donors (Lipinski definition) is 1. The molecule has 0 aromatic heterocycles. The van der Waals surface area contributed by atoms with Crippen LogP contribution in [0.5, 0.6) is 11.5 Å². The Morgan fingerprint density at radius 3 is 2.84 bits per heavy atom. The molecule has 2 aromatic rings. The van der Waals surface area contributed by atoms with Crippen LogP contribution in [0.3, 0.4) is 0 Å². The summed E-state index contributed by atoms with van der Waals surface area (Å²) in [4.78, 5) is 0. The Hall–Kier alpha value is -2.05. The van der Waals surface area contributed by atoms with Crippen molar-refractivity contribution in [2.24, 2.45) is 0 Å². The monoisotopic (exact) mass is 359 g/mol. The fourth-order valence-electron chi connectivity index (χ4n) is 3.67. The standard InChI is InChI=1S/C19H21NO4S/c1-19-9-10-20-12-18(19)23-17-8-7-15(11-16(17)19)24-25(21,22)13-14-5-3-2-4-6-14/h2-8,11,18,20H,9-10,12-13H2,1H3. The summed E-state index contributed by atoms with van der Waals surface area (Å²) in [6.45, 7) is 3.90. The lowest BCUT2D eigenvalue weighted by molar-refractivity contribution is 0.124. The SMILES string of the molecule is CC12CCNCC1Oc1ccc(OS(=O)(=O)Cc3ccccc3)cc12. The summed E-state index contributed by atoms with van der Waals surface area (Å²) in [6, 6.07) is 14.3. The summed E-state index contributed by atoms with van der Waals surface area (Å²) in [5.74, 6) is 1.02. The zero-order valence-electron chi connectivity index (χ0n) is 14.1. The second kappa shape index (κ2) is 6.04. The van der Waals surface area contributed by atoms with Crippen molar-refractivity contribution in [3.63, 3.8) is 0 Å². The molecule has 4 rings (SSSR count). The van der Waals surface area contributed by atoms with E-state index in [0.717, 1.165) is 30.8 Å². The maximum Gasteiger partial charge on any atom is 0.313 e. The number of benzene rings is 2. The number of piperidine rings is 1. The Morgan fingerprint density at radius 2 is 2.04 bits per heavy atom. The molecule has 132 valence electrons. The van der Waals surface area contributed by atoms with Crippen molar-refractivity contribution in [1.29, 1.82) is 0 Å². The van der Waals surface area contributed by atoms with Crippen molar-refractivity contribution in [2.45, 2.75) is 30.6 Å². The maximum atomic E-state index is 12.4. The lowest BCUT2D eigenvalue weighted by Gasteiger charge is -2.35. The van der Waals surface area contributed by atoms with Gasteiger partial charge in [0.15, 0.2) is 0 Å². The molecule has 2 heterocycles. The molecule has 5 nitrogen and oxygen atoms in total. The zero-order valence-corrected chi connectivity index (χ0v) is 14.9. The minimum Gasteiger partial charge on any atom is -0.488 e. The molecule has 1 saturated heterocycles. The van der Waals surface area contributed by atoms with Crippen LogP contribution >= 0.6 is 0 Å². The molecule has 1 N–H and O–H groups in total. The molecule has 2 aromatic carbocycles. The minimum absolute atomic E-state index is 0.0763. The Labute approximate surface area is 148 Å². The molecule has 2 aliphatic rings. The summed E-state index contributed by atoms with van der Waals surface area (Å²) in [7, 11) is -3.71. The summed E-state index contributed by atoms with van der Waals surface area (Å²) in [5.41, 5.74) is 1.63. The molecule has 1 fully saturated rings. The van der Waals surface area contributed by atoms with Crippen LogP contribution in [0.4, 0.5) is 0 Å². The lowest BCUT2D eigenvalue weighted by atomic mass is 9.74. The van der Waals surface area contributed by atoms with Gasteiger partial charge in [-0.1, -0.05) is 37.3 Å². The van der Waals surface area contributed by atoms with E-state index in [1.54, 1.807) is 18.2 Å². The molecule has 0 bridgehead atoms. The topological polar surface area (TPSA) is 64.6 Å². The van der Waals surface area contributed by atoms with E-state index in [4.69, 9.17) is 8.92 Å². The van der Waals surface area contributed by atoms with E-state index in [1.165, 1.54) is 0 Å². The van der Waals surface area contributed by atoms with E-state index in [-0.39, 0.29) is 17.3 Å². The van der Waals surface area contributed by atoms with Gasteiger partial charge in [-0.2, -0.15) is 8.42 Å². The smallest absolute Gasteiger partial charge is 0.313 e. The van der Waals surface area contributed by atoms with E-state index >= 15 is 0 Å². The fraction of sp³-hybridized carbons (Fsp3) is 0.368. The van der Waals surface area contributed by atoms with E-state index in [2.05, 4.69) is 12.2 Å². The number of rotatable bonds is 4. The van der Waals surface area contributed by atoms with Gasteiger partial charge in [0.1, 0.15) is 23.4 Å². The predicted molar refractivity (Wildman–Crippen MR) is 95.4 cm³/mol. The largest absolute Gasteiger partial charge is 0.488 e. The van der Waals surface area contributed by atoms with Crippen LogP contribution in [0.25, 0.3) is 0 Å². The lowest BCUT2D eigenvalue weighted by Crippen LogP contribution is -2.49. The van der Waals surface area contributed by atoms with Crippen molar-refractivity contribution in [1.82, 2.24) is 5.32 Å². The van der Waals surface area contributed by atoms with E-state index in [1.807, 2.05) is 30.3 Å². The number of fused-ring (bicyclic) bond motifs is 3. The molecule has 0 amide bonds. The number of ether oxygens (including phenoxy) is 1. The van der Waals surface area contributed by atoms with Crippen LogP contribution in [-0.4, -0.2) is 27.6 Å². The second-order valence-corrected chi connectivity index (χ2v) is 8.48. The number of nitrogens with one attached hydrogen (secondary N) is 1. The van der Waals surface area contributed by atoms with Gasteiger partial charge in [-0.25, -0.2) is 0 Å². The van der Waals surface area contributed by atoms with Crippen molar-refractivity contribution in [3.05, 3.63) is 59.7 Å². The highest BCUT2D eigenvalue weighted by molar-refractivity contribution is 7.86. The average molecular weight is 359 g/mol. The van der Waals surface area contributed by atoms with Crippen molar-refractivity contribution < 1.29 is 17.3 Å².